The number of hydrogen-bond acceptors (Lipinski definition) is 4. The summed E-state index contributed by atoms with van der Waals surface area (Å²) in [4.78, 5) is 20.4. The molecule has 21 heavy (non-hydrogen) atoms. The smallest absolute Gasteiger partial charge is 0.259 e. The van der Waals surface area contributed by atoms with E-state index in [-0.39, 0.29) is 11.9 Å². The third-order valence-electron chi connectivity index (χ3n) is 3.89. The summed E-state index contributed by atoms with van der Waals surface area (Å²) >= 11 is 1.71. The van der Waals surface area contributed by atoms with Crippen molar-refractivity contribution in [3.63, 3.8) is 0 Å². The first-order chi connectivity index (χ1) is 10.3. The molecule has 1 atom stereocenters. The Hall–Kier alpha value is -2.21. The maximum atomic E-state index is 12.9. The van der Waals surface area contributed by atoms with E-state index >= 15 is 0 Å². The monoisotopic (exact) mass is 298 g/mol. The van der Waals surface area contributed by atoms with Gasteiger partial charge in [-0.05, 0) is 30.4 Å². The van der Waals surface area contributed by atoms with Crippen molar-refractivity contribution in [1.29, 1.82) is 0 Å². The van der Waals surface area contributed by atoms with Crippen LogP contribution in [0.3, 0.4) is 0 Å². The molecular weight excluding hydrogens is 284 g/mol. The Balaban J connectivity index is 1.71. The van der Waals surface area contributed by atoms with Crippen LogP contribution in [0.25, 0.3) is 5.65 Å². The maximum absolute atomic E-state index is 12.9. The van der Waals surface area contributed by atoms with Gasteiger partial charge in [-0.15, -0.1) is 11.3 Å². The predicted octanol–water partition coefficient (Wildman–Crippen LogP) is 2.77. The lowest BCUT2D eigenvalue weighted by molar-refractivity contribution is 0.0739. The van der Waals surface area contributed by atoms with E-state index in [1.165, 1.54) is 4.88 Å². The van der Waals surface area contributed by atoms with E-state index < -0.39 is 0 Å². The second-order valence-electron chi connectivity index (χ2n) is 5.12. The summed E-state index contributed by atoms with van der Waals surface area (Å²) in [6.45, 7) is 0.797. The van der Waals surface area contributed by atoms with Crippen molar-refractivity contribution in [2.75, 3.05) is 6.54 Å². The Labute approximate surface area is 125 Å². The van der Waals surface area contributed by atoms with Crippen molar-refractivity contribution in [3.8, 4) is 0 Å². The first kappa shape index (κ1) is 12.5. The molecule has 1 fully saturated rings. The maximum Gasteiger partial charge on any atom is 0.259 e. The van der Waals surface area contributed by atoms with Crippen molar-refractivity contribution in [3.05, 3.63) is 52.6 Å². The zero-order valence-corrected chi connectivity index (χ0v) is 12.2. The Bertz CT molecular complexity index is 780. The van der Waals surface area contributed by atoms with Crippen molar-refractivity contribution in [2.45, 2.75) is 18.9 Å². The molecule has 5 nitrogen and oxygen atoms in total. The average Bonchev–Trinajstić information content (AvgIpc) is 3.25. The van der Waals surface area contributed by atoms with Gasteiger partial charge < -0.3 is 4.90 Å². The van der Waals surface area contributed by atoms with Gasteiger partial charge in [0.15, 0.2) is 5.65 Å². The highest BCUT2D eigenvalue weighted by Crippen LogP contribution is 2.35. The van der Waals surface area contributed by atoms with Gasteiger partial charge in [0.1, 0.15) is 5.56 Å². The van der Waals surface area contributed by atoms with Crippen molar-refractivity contribution >= 4 is 22.9 Å². The molecule has 1 amide bonds. The third kappa shape index (κ3) is 2.03. The number of rotatable bonds is 2. The van der Waals surface area contributed by atoms with Gasteiger partial charge in [-0.2, -0.15) is 5.10 Å². The second kappa shape index (κ2) is 4.96. The fraction of sp³-hybridized carbons (Fsp3) is 0.267. The molecule has 1 saturated heterocycles. The summed E-state index contributed by atoms with van der Waals surface area (Å²) in [6.07, 6.45) is 7.18. The molecule has 4 heterocycles. The Kier molecular flexibility index (Phi) is 2.96. The number of amides is 1. The number of carbonyl (C=O) groups is 1. The third-order valence-corrected chi connectivity index (χ3v) is 4.87. The van der Waals surface area contributed by atoms with E-state index in [0.717, 1.165) is 19.4 Å². The summed E-state index contributed by atoms with van der Waals surface area (Å²) < 4.78 is 1.64. The number of carbonyl (C=O) groups excluding carboxylic acids is 1. The minimum atomic E-state index is 0.0274. The molecule has 0 N–H and O–H groups in total. The molecule has 3 aromatic rings. The molecule has 4 rings (SSSR count). The SMILES string of the molecule is O=C(c1cnn2cccnc12)N1CCC[C@H]1c1cccs1. The van der Waals surface area contributed by atoms with Crippen LogP contribution in [-0.4, -0.2) is 31.9 Å². The average molecular weight is 298 g/mol. The highest BCUT2D eigenvalue weighted by molar-refractivity contribution is 7.10. The Morgan fingerprint density at radius 1 is 1.38 bits per heavy atom. The van der Waals surface area contributed by atoms with Gasteiger partial charge in [0, 0.05) is 23.8 Å². The number of nitrogens with zero attached hydrogens (tertiary/aromatic N) is 4. The fourth-order valence-corrected chi connectivity index (χ4v) is 3.79. The summed E-state index contributed by atoms with van der Waals surface area (Å²) in [5, 5.41) is 6.27. The molecule has 0 unspecified atom stereocenters. The number of fused-ring (bicyclic) bond motifs is 1. The van der Waals surface area contributed by atoms with Crippen LogP contribution >= 0.6 is 11.3 Å². The molecule has 0 aliphatic carbocycles. The van der Waals surface area contributed by atoms with Crippen LogP contribution in [0.4, 0.5) is 0 Å². The lowest BCUT2D eigenvalue weighted by Gasteiger charge is -2.23. The molecule has 0 radical (unpaired) electrons. The van der Waals surface area contributed by atoms with Gasteiger partial charge in [0.25, 0.3) is 5.91 Å². The first-order valence-corrected chi connectivity index (χ1v) is 7.85. The van der Waals surface area contributed by atoms with Crippen LogP contribution in [0.2, 0.25) is 0 Å². The largest absolute Gasteiger partial charge is 0.331 e. The highest BCUT2D eigenvalue weighted by atomic mass is 32.1. The lowest BCUT2D eigenvalue weighted by Crippen LogP contribution is -2.30. The predicted molar refractivity (Wildman–Crippen MR) is 80.3 cm³/mol. The van der Waals surface area contributed by atoms with Gasteiger partial charge in [-0.1, -0.05) is 6.07 Å². The second-order valence-corrected chi connectivity index (χ2v) is 6.10. The fourth-order valence-electron chi connectivity index (χ4n) is 2.92. The minimum Gasteiger partial charge on any atom is -0.331 e. The summed E-state index contributed by atoms with van der Waals surface area (Å²) in [6, 6.07) is 6.14. The van der Waals surface area contributed by atoms with Gasteiger partial charge in [-0.3, -0.25) is 4.79 Å². The van der Waals surface area contributed by atoms with E-state index in [1.54, 1.807) is 40.5 Å². The molecule has 3 aromatic heterocycles. The van der Waals surface area contributed by atoms with Gasteiger partial charge >= 0.3 is 0 Å². The first-order valence-electron chi connectivity index (χ1n) is 6.97. The van der Waals surface area contributed by atoms with Crippen molar-refractivity contribution < 1.29 is 4.79 Å². The Morgan fingerprint density at radius 3 is 3.19 bits per heavy atom. The van der Waals surface area contributed by atoms with Gasteiger partial charge in [-0.25, -0.2) is 9.50 Å². The topological polar surface area (TPSA) is 50.5 Å². The van der Waals surface area contributed by atoms with Crippen LogP contribution in [0.5, 0.6) is 0 Å². The molecule has 0 bridgehead atoms. The highest BCUT2D eigenvalue weighted by Gasteiger charge is 2.32. The molecule has 6 heteroatoms. The molecule has 0 spiro atoms. The van der Waals surface area contributed by atoms with E-state index in [0.29, 0.717) is 11.2 Å². The number of thiophene rings is 1. The minimum absolute atomic E-state index is 0.0274. The molecule has 0 saturated carbocycles. The summed E-state index contributed by atoms with van der Waals surface area (Å²) in [5.41, 5.74) is 1.21. The van der Waals surface area contributed by atoms with Crippen molar-refractivity contribution in [1.82, 2.24) is 19.5 Å². The van der Waals surface area contributed by atoms with E-state index in [4.69, 9.17) is 0 Å². The van der Waals surface area contributed by atoms with Crippen LogP contribution < -0.4 is 0 Å². The zero-order chi connectivity index (χ0) is 14.2. The van der Waals surface area contributed by atoms with Crippen LogP contribution in [0.15, 0.2) is 42.2 Å². The molecule has 1 aliphatic rings. The van der Waals surface area contributed by atoms with E-state index in [9.17, 15) is 4.79 Å². The lowest BCUT2D eigenvalue weighted by atomic mass is 10.1. The van der Waals surface area contributed by atoms with E-state index in [1.807, 2.05) is 11.0 Å². The molecule has 106 valence electrons. The molecular formula is C15H14N4OS. The number of aromatic nitrogens is 3. The van der Waals surface area contributed by atoms with Gasteiger partial charge in [0.2, 0.25) is 0 Å². The Morgan fingerprint density at radius 2 is 2.33 bits per heavy atom. The molecule has 0 aromatic carbocycles. The number of hydrogen-bond donors (Lipinski definition) is 0. The zero-order valence-electron chi connectivity index (χ0n) is 11.3. The van der Waals surface area contributed by atoms with Crippen LogP contribution in [0, 0.1) is 0 Å². The molecule has 1 aliphatic heterocycles. The van der Waals surface area contributed by atoms with Gasteiger partial charge in [0.05, 0.1) is 12.2 Å². The van der Waals surface area contributed by atoms with Crippen molar-refractivity contribution in [2.24, 2.45) is 0 Å². The number of likely N-dealkylation sites (tertiary alicyclic amines) is 1. The summed E-state index contributed by atoms with van der Waals surface area (Å²) in [7, 11) is 0. The quantitative estimate of drug-likeness (QED) is 0.731. The van der Waals surface area contributed by atoms with Crippen LogP contribution in [-0.2, 0) is 0 Å². The standard InChI is InChI=1S/C15H14N4OS/c20-15(11-10-17-19-8-3-6-16-14(11)19)18-7-1-4-12(18)13-5-2-9-21-13/h2-3,5-6,8-10,12H,1,4,7H2/t12-/m0/s1. The normalized spacial score (nSPS) is 18.5. The summed E-state index contributed by atoms with van der Waals surface area (Å²) in [5.74, 6) is 0.0274. The van der Waals surface area contributed by atoms with E-state index in [2.05, 4.69) is 21.5 Å². The van der Waals surface area contributed by atoms with Crippen LogP contribution in [0.1, 0.15) is 34.1 Å².